The molecular formula is C30H46O6Si3. The van der Waals surface area contributed by atoms with E-state index in [2.05, 4.69) is 57.0 Å². The Morgan fingerprint density at radius 1 is 0.744 bits per heavy atom. The number of carbonyl (C=O) groups is 2. The Hall–Kier alpha value is -2.31. The Bertz CT molecular complexity index is 1030. The van der Waals surface area contributed by atoms with Crippen molar-refractivity contribution in [2.24, 2.45) is 5.92 Å². The Kier molecular flexibility index (Phi) is 12.6. The Balaban J connectivity index is 2.33. The van der Waals surface area contributed by atoms with Crippen LogP contribution in [0.3, 0.4) is 0 Å². The maximum absolute atomic E-state index is 11.9. The molecule has 0 fully saturated rings. The second-order valence-electron chi connectivity index (χ2n) is 11.5. The monoisotopic (exact) mass is 586 g/mol. The van der Waals surface area contributed by atoms with E-state index in [4.69, 9.17) is 17.7 Å². The molecule has 0 spiro atoms. The minimum absolute atomic E-state index is 0.132. The number of hydrogen-bond acceptors (Lipinski definition) is 6. The van der Waals surface area contributed by atoms with Gasteiger partial charge >= 0.3 is 20.5 Å². The van der Waals surface area contributed by atoms with E-state index in [1.807, 2.05) is 50.2 Å². The molecule has 0 heterocycles. The molecule has 2 rings (SSSR count). The maximum Gasteiger partial charge on any atom is 0.386 e. The van der Waals surface area contributed by atoms with Gasteiger partial charge in [-0.15, -0.1) is 0 Å². The van der Waals surface area contributed by atoms with Crippen molar-refractivity contribution >= 4 is 47.5 Å². The van der Waals surface area contributed by atoms with Crippen LogP contribution in [0.4, 0.5) is 0 Å². The predicted octanol–water partition coefficient (Wildman–Crippen LogP) is 5.79. The zero-order valence-corrected chi connectivity index (χ0v) is 27.8. The minimum atomic E-state index is -3.12. The summed E-state index contributed by atoms with van der Waals surface area (Å²) >= 11 is 0. The van der Waals surface area contributed by atoms with E-state index >= 15 is 0 Å². The lowest BCUT2D eigenvalue weighted by atomic mass is 10.2. The van der Waals surface area contributed by atoms with Gasteiger partial charge in [-0.1, -0.05) is 81.1 Å². The molecule has 39 heavy (non-hydrogen) atoms. The minimum Gasteiger partial charge on any atom is -0.465 e. The highest BCUT2D eigenvalue weighted by Crippen LogP contribution is 2.27. The summed E-state index contributed by atoms with van der Waals surface area (Å²) in [7, 11) is -7.70. The maximum atomic E-state index is 11.9. The molecule has 0 aliphatic carbocycles. The molecule has 9 heteroatoms. The van der Waals surface area contributed by atoms with Crippen LogP contribution in [0.1, 0.15) is 33.6 Å². The van der Waals surface area contributed by atoms with Gasteiger partial charge in [0.25, 0.3) is 0 Å². The first-order valence-corrected chi connectivity index (χ1v) is 21.8. The lowest BCUT2D eigenvalue weighted by Gasteiger charge is -2.43. The van der Waals surface area contributed by atoms with Crippen molar-refractivity contribution in [2.45, 2.75) is 71.9 Å². The molecule has 0 aliphatic rings. The summed E-state index contributed by atoms with van der Waals surface area (Å²) in [6, 6.07) is 22.3. The van der Waals surface area contributed by atoms with Crippen molar-refractivity contribution in [3.8, 4) is 0 Å². The summed E-state index contributed by atoms with van der Waals surface area (Å²) in [5.41, 5.74) is 0.405. The third kappa shape index (κ3) is 10.6. The molecule has 6 nitrogen and oxygen atoms in total. The van der Waals surface area contributed by atoms with E-state index in [1.54, 1.807) is 6.92 Å². The van der Waals surface area contributed by atoms with Crippen molar-refractivity contribution < 1.29 is 27.3 Å². The average molecular weight is 587 g/mol. The van der Waals surface area contributed by atoms with Gasteiger partial charge in [0.05, 0.1) is 19.1 Å². The number of benzene rings is 2. The molecular weight excluding hydrogens is 541 g/mol. The predicted molar refractivity (Wildman–Crippen MR) is 165 cm³/mol. The molecule has 0 radical (unpaired) electrons. The third-order valence-corrected chi connectivity index (χ3v) is 18.3. The molecule has 2 aromatic rings. The normalized spacial score (nSPS) is 12.3. The van der Waals surface area contributed by atoms with Gasteiger partial charge in [-0.05, 0) is 68.4 Å². The summed E-state index contributed by atoms with van der Waals surface area (Å²) in [6.45, 7) is 18.6. The largest absolute Gasteiger partial charge is 0.465 e. The van der Waals surface area contributed by atoms with E-state index in [0.29, 0.717) is 25.2 Å². The zero-order valence-electron chi connectivity index (χ0n) is 24.8. The van der Waals surface area contributed by atoms with E-state index in [-0.39, 0.29) is 17.9 Å². The Morgan fingerprint density at radius 3 is 1.54 bits per heavy atom. The molecule has 2 aromatic carbocycles. The molecule has 214 valence electrons. The van der Waals surface area contributed by atoms with Gasteiger partial charge in [-0.2, -0.15) is 0 Å². The van der Waals surface area contributed by atoms with Crippen molar-refractivity contribution in [1.29, 1.82) is 0 Å². The van der Waals surface area contributed by atoms with Gasteiger partial charge in [0.15, 0.2) is 16.6 Å². The van der Waals surface area contributed by atoms with Crippen molar-refractivity contribution in [3.05, 3.63) is 72.8 Å². The molecule has 0 saturated heterocycles. The average Bonchev–Trinajstić information content (AvgIpc) is 2.89. The fourth-order valence-corrected chi connectivity index (χ4v) is 17.3. The number of rotatable bonds is 16. The van der Waals surface area contributed by atoms with Crippen molar-refractivity contribution in [2.75, 3.05) is 13.2 Å². The Labute approximate surface area is 238 Å². The summed E-state index contributed by atoms with van der Waals surface area (Å²) in [5, 5.41) is 2.16. The van der Waals surface area contributed by atoms with Crippen LogP contribution in [-0.2, 0) is 27.3 Å². The molecule has 0 amide bonds. The summed E-state index contributed by atoms with van der Waals surface area (Å²) in [6.07, 6.45) is 1.47. The van der Waals surface area contributed by atoms with E-state index in [9.17, 15) is 9.59 Å². The summed E-state index contributed by atoms with van der Waals surface area (Å²) in [5.74, 6) is -0.659. The van der Waals surface area contributed by atoms with Crippen LogP contribution in [0.5, 0.6) is 0 Å². The lowest BCUT2D eigenvalue weighted by molar-refractivity contribution is -0.147. The zero-order chi connectivity index (χ0) is 29.1. The van der Waals surface area contributed by atoms with Crippen LogP contribution in [0.2, 0.25) is 38.3 Å². The highest BCUT2D eigenvalue weighted by atomic mass is 28.5. The lowest BCUT2D eigenvalue weighted by Crippen LogP contribution is -2.70. The first-order valence-electron chi connectivity index (χ1n) is 13.8. The second-order valence-corrected chi connectivity index (χ2v) is 23.6. The molecule has 0 atom stereocenters. The highest BCUT2D eigenvalue weighted by Gasteiger charge is 2.50. The van der Waals surface area contributed by atoms with Crippen LogP contribution in [-0.4, -0.2) is 50.3 Å². The SMILES string of the molecule is C=C(C)C(=O)OCCC[Si](C)(C)O[Si](O[Si](C)(C)CCCOC(=O)C(C)C)(c1ccccc1)c1ccccc1. The molecule has 0 aromatic heterocycles. The third-order valence-electron chi connectivity index (χ3n) is 6.29. The highest BCUT2D eigenvalue weighted by molar-refractivity contribution is 7.02. The smallest absolute Gasteiger partial charge is 0.386 e. The van der Waals surface area contributed by atoms with Gasteiger partial charge < -0.3 is 17.7 Å². The number of ether oxygens (including phenoxy) is 2. The fourth-order valence-electron chi connectivity index (χ4n) is 4.24. The van der Waals surface area contributed by atoms with E-state index in [1.165, 1.54) is 0 Å². The van der Waals surface area contributed by atoms with Gasteiger partial charge in [0, 0.05) is 5.57 Å². The van der Waals surface area contributed by atoms with Crippen LogP contribution in [0.15, 0.2) is 72.8 Å². The number of carbonyl (C=O) groups excluding carboxylic acids is 2. The van der Waals surface area contributed by atoms with E-state index in [0.717, 1.165) is 28.9 Å². The first kappa shape index (κ1) is 32.9. The van der Waals surface area contributed by atoms with Crippen LogP contribution in [0, 0.1) is 5.92 Å². The standard InChI is InChI=1S/C30H46O6Si3/c1-25(2)29(31)33-21-15-23-37(5,6)35-39(27-17-11-9-12-18-27,28-19-13-10-14-20-28)36-38(7,8)24-16-22-34-30(32)26(3)4/h9-14,17-20,26H,1,15-16,21-24H2,2-8H3. The van der Waals surface area contributed by atoms with E-state index < -0.39 is 25.2 Å². The second kappa shape index (κ2) is 14.9. The molecule has 0 bridgehead atoms. The van der Waals surface area contributed by atoms with Crippen LogP contribution in [0.25, 0.3) is 0 Å². The summed E-state index contributed by atoms with van der Waals surface area (Å²) < 4.78 is 25.4. The van der Waals surface area contributed by atoms with Crippen molar-refractivity contribution in [1.82, 2.24) is 0 Å². The number of hydrogen-bond donors (Lipinski definition) is 0. The number of esters is 2. The molecule has 0 N–H and O–H groups in total. The van der Waals surface area contributed by atoms with Gasteiger partial charge in [-0.3, -0.25) is 4.79 Å². The molecule has 0 saturated carbocycles. The van der Waals surface area contributed by atoms with Gasteiger partial charge in [-0.25, -0.2) is 4.79 Å². The molecule has 0 aliphatic heterocycles. The van der Waals surface area contributed by atoms with Crippen molar-refractivity contribution in [3.63, 3.8) is 0 Å². The van der Waals surface area contributed by atoms with Crippen LogP contribution >= 0.6 is 0 Å². The first-order chi connectivity index (χ1) is 18.3. The topological polar surface area (TPSA) is 71.1 Å². The molecule has 0 unspecified atom stereocenters. The van der Waals surface area contributed by atoms with Gasteiger partial charge in [0.1, 0.15) is 0 Å². The summed E-state index contributed by atoms with van der Waals surface area (Å²) in [4.78, 5) is 23.7. The Morgan fingerprint density at radius 2 is 1.15 bits per heavy atom. The fraction of sp³-hybridized carbons (Fsp3) is 0.467. The quantitative estimate of drug-likeness (QED) is 0.107. The van der Waals surface area contributed by atoms with Crippen LogP contribution < -0.4 is 10.4 Å². The van der Waals surface area contributed by atoms with Gasteiger partial charge in [0.2, 0.25) is 0 Å².